The van der Waals surface area contributed by atoms with E-state index in [-0.39, 0.29) is 5.56 Å². The Morgan fingerprint density at radius 2 is 2.29 bits per heavy atom. The number of imidazole rings is 1. The van der Waals surface area contributed by atoms with Gasteiger partial charge in [0, 0.05) is 45.2 Å². The zero-order chi connectivity index (χ0) is 14.4. The van der Waals surface area contributed by atoms with Crippen LogP contribution in [-0.4, -0.2) is 31.0 Å². The average Bonchev–Trinajstić information content (AvgIpc) is 3.25. The molecule has 3 heterocycles. The van der Waals surface area contributed by atoms with Gasteiger partial charge in [-0.15, -0.1) is 0 Å². The molecule has 0 spiro atoms. The van der Waals surface area contributed by atoms with E-state index in [0.717, 1.165) is 55.1 Å². The van der Waals surface area contributed by atoms with Crippen LogP contribution in [0.15, 0.2) is 17.3 Å². The molecule has 1 fully saturated rings. The van der Waals surface area contributed by atoms with Gasteiger partial charge in [0.1, 0.15) is 5.82 Å². The number of aromatic nitrogens is 4. The summed E-state index contributed by atoms with van der Waals surface area (Å²) in [4.78, 5) is 26.4. The Bertz CT molecular complexity index is 728. The van der Waals surface area contributed by atoms with E-state index in [4.69, 9.17) is 0 Å². The van der Waals surface area contributed by atoms with Crippen molar-refractivity contribution in [1.82, 2.24) is 24.4 Å². The van der Waals surface area contributed by atoms with Crippen LogP contribution in [0.2, 0.25) is 0 Å². The van der Waals surface area contributed by atoms with Crippen LogP contribution < -0.4 is 5.56 Å². The maximum absolute atomic E-state index is 12.3. The Morgan fingerprint density at radius 1 is 1.43 bits per heavy atom. The molecule has 0 aromatic carbocycles. The lowest BCUT2D eigenvalue weighted by atomic mass is 10.1. The van der Waals surface area contributed by atoms with Crippen molar-refractivity contribution in [3.63, 3.8) is 0 Å². The van der Waals surface area contributed by atoms with Gasteiger partial charge in [-0.3, -0.25) is 9.69 Å². The summed E-state index contributed by atoms with van der Waals surface area (Å²) in [5.41, 5.74) is 3.06. The summed E-state index contributed by atoms with van der Waals surface area (Å²) in [6.45, 7) is 2.44. The molecule has 0 saturated heterocycles. The fourth-order valence-corrected chi connectivity index (χ4v) is 2.95. The van der Waals surface area contributed by atoms with Crippen molar-refractivity contribution >= 4 is 0 Å². The van der Waals surface area contributed by atoms with E-state index < -0.39 is 0 Å². The lowest BCUT2D eigenvalue weighted by molar-refractivity contribution is 0.236. The number of aromatic amines is 1. The SMILES string of the molecule is Cn1cncc1CN1CCc2nc(C3CC3)[nH]c(=O)c2C1. The molecule has 2 aromatic rings. The summed E-state index contributed by atoms with van der Waals surface area (Å²) < 4.78 is 2.02. The quantitative estimate of drug-likeness (QED) is 0.911. The molecule has 1 aliphatic carbocycles. The normalized spacial score (nSPS) is 18.7. The molecule has 2 aliphatic rings. The fourth-order valence-electron chi connectivity index (χ4n) is 2.95. The second kappa shape index (κ2) is 4.80. The number of nitrogens with one attached hydrogen (secondary N) is 1. The van der Waals surface area contributed by atoms with Crippen LogP contribution in [0.1, 0.15) is 41.5 Å². The number of aryl methyl sites for hydroxylation is 1. The molecule has 0 unspecified atom stereocenters. The van der Waals surface area contributed by atoms with Gasteiger partial charge in [-0.25, -0.2) is 9.97 Å². The highest BCUT2D eigenvalue weighted by atomic mass is 16.1. The maximum Gasteiger partial charge on any atom is 0.255 e. The molecule has 1 saturated carbocycles. The molecule has 2 aromatic heterocycles. The lowest BCUT2D eigenvalue weighted by Crippen LogP contribution is -2.36. The van der Waals surface area contributed by atoms with Gasteiger partial charge < -0.3 is 9.55 Å². The minimum Gasteiger partial charge on any atom is -0.337 e. The highest BCUT2D eigenvalue weighted by molar-refractivity contribution is 5.23. The third-order valence-electron chi connectivity index (χ3n) is 4.43. The Balaban J connectivity index is 1.57. The van der Waals surface area contributed by atoms with Gasteiger partial charge in [-0.1, -0.05) is 0 Å². The van der Waals surface area contributed by atoms with Crippen molar-refractivity contribution in [3.05, 3.63) is 45.7 Å². The van der Waals surface area contributed by atoms with Gasteiger partial charge in [0.15, 0.2) is 0 Å². The molecule has 110 valence electrons. The Hall–Kier alpha value is -1.95. The number of hydrogen-bond donors (Lipinski definition) is 1. The van der Waals surface area contributed by atoms with Crippen molar-refractivity contribution in [2.75, 3.05) is 6.54 Å². The van der Waals surface area contributed by atoms with Crippen LogP contribution >= 0.6 is 0 Å². The van der Waals surface area contributed by atoms with Crippen LogP contribution in [0.5, 0.6) is 0 Å². The standard InChI is InChI=1S/C15H19N5O/c1-19-9-16-6-11(19)7-20-5-4-13-12(8-20)15(21)18-14(17-13)10-2-3-10/h6,9-10H,2-5,7-8H2,1H3,(H,17,18,21). The predicted octanol–water partition coefficient (Wildman–Crippen LogP) is 0.939. The van der Waals surface area contributed by atoms with E-state index in [1.165, 1.54) is 0 Å². The summed E-state index contributed by atoms with van der Waals surface area (Å²) in [5.74, 6) is 1.40. The molecule has 6 heteroatoms. The van der Waals surface area contributed by atoms with Crippen LogP contribution in [0.3, 0.4) is 0 Å². The molecule has 6 nitrogen and oxygen atoms in total. The molecule has 4 rings (SSSR count). The molecule has 21 heavy (non-hydrogen) atoms. The zero-order valence-electron chi connectivity index (χ0n) is 12.2. The Morgan fingerprint density at radius 3 is 3.00 bits per heavy atom. The first kappa shape index (κ1) is 12.8. The summed E-state index contributed by atoms with van der Waals surface area (Å²) in [7, 11) is 2.00. The van der Waals surface area contributed by atoms with Crippen LogP contribution in [-0.2, 0) is 26.6 Å². The zero-order valence-corrected chi connectivity index (χ0v) is 12.2. The minimum atomic E-state index is 0.0524. The summed E-state index contributed by atoms with van der Waals surface area (Å²) in [5, 5.41) is 0. The van der Waals surface area contributed by atoms with Crippen molar-refractivity contribution in [2.24, 2.45) is 7.05 Å². The minimum absolute atomic E-state index is 0.0524. The van der Waals surface area contributed by atoms with Gasteiger partial charge in [-0.05, 0) is 12.8 Å². The predicted molar refractivity (Wildman–Crippen MR) is 77.9 cm³/mol. The van der Waals surface area contributed by atoms with E-state index in [9.17, 15) is 4.79 Å². The van der Waals surface area contributed by atoms with Crippen molar-refractivity contribution in [1.29, 1.82) is 0 Å². The third-order valence-corrected chi connectivity index (χ3v) is 4.43. The van der Waals surface area contributed by atoms with Crippen molar-refractivity contribution in [3.8, 4) is 0 Å². The molecule has 0 amide bonds. The Labute approximate surface area is 122 Å². The van der Waals surface area contributed by atoms with E-state index >= 15 is 0 Å². The summed E-state index contributed by atoms with van der Waals surface area (Å²) in [6.07, 6.45) is 6.87. The van der Waals surface area contributed by atoms with Gasteiger partial charge >= 0.3 is 0 Å². The third kappa shape index (κ3) is 2.40. The van der Waals surface area contributed by atoms with Gasteiger partial charge in [0.05, 0.1) is 23.3 Å². The van der Waals surface area contributed by atoms with Crippen molar-refractivity contribution in [2.45, 2.75) is 38.3 Å². The molecule has 0 bridgehead atoms. The monoisotopic (exact) mass is 285 g/mol. The maximum atomic E-state index is 12.3. The van der Waals surface area contributed by atoms with Gasteiger partial charge in [0.2, 0.25) is 0 Å². The fraction of sp³-hybridized carbons (Fsp3) is 0.533. The molecule has 0 atom stereocenters. The van der Waals surface area contributed by atoms with Gasteiger partial charge in [0.25, 0.3) is 5.56 Å². The van der Waals surface area contributed by atoms with Crippen LogP contribution in [0, 0.1) is 0 Å². The van der Waals surface area contributed by atoms with E-state index in [0.29, 0.717) is 12.5 Å². The van der Waals surface area contributed by atoms with E-state index in [1.54, 1.807) is 0 Å². The second-order valence-corrected chi connectivity index (χ2v) is 6.11. The number of hydrogen-bond acceptors (Lipinski definition) is 4. The second-order valence-electron chi connectivity index (χ2n) is 6.11. The first-order valence-corrected chi connectivity index (χ1v) is 7.50. The Kier molecular flexibility index (Phi) is 2.92. The topological polar surface area (TPSA) is 66.8 Å². The lowest BCUT2D eigenvalue weighted by Gasteiger charge is -2.27. The summed E-state index contributed by atoms with van der Waals surface area (Å²) in [6, 6.07) is 0. The van der Waals surface area contributed by atoms with Crippen LogP contribution in [0.25, 0.3) is 0 Å². The summed E-state index contributed by atoms with van der Waals surface area (Å²) >= 11 is 0. The molecule has 1 aliphatic heterocycles. The number of nitrogens with zero attached hydrogens (tertiary/aromatic N) is 4. The average molecular weight is 285 g/mol. The van der Waals surface area contributed by atoms with E-state index in [2.05, 4.69) is 19.9 Å². The first-order valence-electron chi connectivity index (χ1n) is 7.50. The first-order chi connectivity index (χ1) is 10.2. The molecule has 1 N–H and O–H groups in total. The highest BCUT2D eigenvalue weighted by Gasteiger charge is 2.29. The highest BCUT2D eigenvalue weighted by Crippen LogP contribution is 2.37. The van der Waals surface area contributed by atoms with E-state index in [1.807, 2.05) is 24.1 Å². The number of rotatable bonds is 3. The molecule has 0 radical (unpaired) electrons. The molecular weight excluding hydrogens is 266 g/mol. The van der Waals surface area contributed by atoms with Gasteiger partial charge in [-0.2, -0.15) is 0 Å². The number of H-pyrrole nitrogens is 1. The largest absolute Gasteiger partial charge is 0.337 e. The number of fused-ring (bicyclic) bond motifs is 1. The smallest absolute Gasteiger partial charge is 0.255 e. The molecular formula is C15H19N5O. The van der Waals surface area contributed by atoms with Crippen LogP contribution in [0.4, 0.5) is 0 Å². The van der Waals surface area contributed by atoms with Crippen molar-refractivity contribution < 1.29 is 0 Å².